The monoisotopic (exact) mass is 424 g/mol. The molecule has 3 aromatic rings. The number of benzene rings is 2. The topological polar surface area (TPSA) is 102 Å². The summed E-state index contributed by atoms with van der Waals surface area (Å²) in [6.45, 7) is 1.78. The lowest BCUT2D eigenvalue weighted by atomic mass is 10.1. The quantitative estimate of drug-likeness (QED) is 0.597. The van der Waals surface area contributed by atoms with E-state index >= 15 is 0 Å². The van der Waals surface area contributed by atoms with Crippen molar-refractivity contribution in [3.05, 3.63) is 71.6 Å². The van der Waals surface area contributed by atoms with Gasteiger partial charge >= 0.3 is 0 Å². The van der Waals surface area contributed by atoms with Crippen molar-refractivity contribution in [2.45, 2.75) is 25.5 Å². The molecule has 1 aliphatic rings. The van der Waals surface area contributed by atoms with Crippen LogP contribution in [0.1, 0.15) is 23.1 Å². The Morgan fingerprint density at radius 1 is 1.17 bits per heavy atom. The Morgan fingerprint density at radius 2 is 1.90 bits per heavy atom. The largest absolute Gasteiger partial charge is 0.490 e. The molecule has 1 aliphatic heterocycles. The van der Waals surface area contributed by atoms with Crippen LogP contribution in [0.5, 0.6) is 5.75 Å². The number of carbonyl (C=O) groups is 2. The second-order valence-corrected chi connectivity index (χ2v) is 7.88. The first kappa shape index (κ1) is 20.2. The lowest BCUT2D eigenvalue weighted by molar-refractivity contribution is -0.112. The fraction of sp³-hybridized carbons (Fsp3) is 0.227. The van der Waals surface area contributed by atoms with E-state index in [1.807, 2.05) is 42.5 Å². The maximum atomic E-state index is 11.7. The number of hydrogen-bond donors (Lipinski definition) is 2. The number of oxazole rings is 1. The Bertz CT molecular complexity index is 1050. The minimum absolute atomic E-state index is 0.0226. The van der Waals surface area contributed by atoms with E-state index in [1.165, 1.54) is 0 Å². The minimum Gasteiger partial charge on any atom is -0.490 e. The number of aliphatic hydroxyl groups is 1. The fourth-order valence-electron chi connectivity index (χ4n) is 3.16. The van der Waals surface area contributed by atoms with Gasteiger partial charge < -0.3 is 19.6 Å². The van der Waals surface area contributed by atoms with Gasteiger partial charge in [0.05, 0.1) is 0 Å². The Kier molecular flexibility index (Phi) is 5.87. The molecule has 2 unspecified atom stereocenters. The van der Waals surface area contributed by atoms with E-state index in [2.05, 4.69) is 10.3 Å². The molecule has 1 saturated heterocycles. The third-order valence-corrected chi connectivity index (χ3v) is 5.50. The average Bonchev–Trinajstić information content (AvgIpc) is 3.29. The molecule has 1 aromatic heterocycles. The second-order valence-electron chi connectivity index (χ2n) is 6.91. The summed E-state index contributed by atoms with van der Waals surface area (Å²) in [4.78, 5) is 27.4. The van der Waals surface area contributed by atoms with Crippen molar-refractivity contribution in [2.75, 3.05) is 6.61 Å². The van der Waals surface area contributed by atoms with E-state index in [9.17, 15) is 14.7 Å². The van der Waals surface area contributed by atoms with Crippen LogP contribution in [0, 0.1) is 6.92 Å². The van der Waals surface area contributed by atoms with Crippen molar-refractivity contribution in [1.82, 2.24) is 10.3 Å². The number of amides is 1. The molecule has 2 aromatic carbocycles. The number of aliphatic hydroxyl groups excluding tert-OH is 1. The number of rotatable bonds is 7. The van der Waals surface area contributed by atoms with Crippen molar-refractivity contribution in [3.63, 3.8) is 0 Å². The summed E-state index contributed by atoms with van der Waals surface area (Å²) in [7, 11) is 0. The Labute approximate surface area is 177 Å². The van der Waals surface area contributed by atoms with Crippen LogP contribution in [0.15, 0.2) is 59.0 Å². The van der Waals surface area contributed by atoms with E-state index in [4.69, 9.17) is 9.15 Å². The molecule has 154 valence electrons. The molecule has 0 aliphatic carbocycles. The van der Waals surface area contributed by atoms with Gasteiger partial charge in [0.2, 0.25) is 11.0 Å². The summed E-state index contributed by atoms with van der Waals surface area (Å²) >= 11 is 0.707. The summed E-state index contributed by atoms with van der Waals surface area (Å²) in [5.74, 6) is 1.58. The zero-order chi connectivity index (χ0) is 21.1. The second kappa shape index (κ2) is 8.73. The molecule has 8 heteroatoms. The van der Waals surface area contributed by atoms with E-state index < -0.39 is 12.1 Å². The SMILES string of the molecule is Cc1oc(-c2ccccc2)nc1C(O)COc1ccc(CC2NC(=O)SC2=O)cc1. The molecule has 2 atom stereocenters. The molecule has 1 fully saturated rings. The lowest BCUT2D eigenvalue weighted by Crippen LogP contribution is -2.30. The van der Waals surface area contributed by atoms with Crippen LogP contribution in [0.25, 0.3) is 11.5 Å². The molecule has 2 heterocycles. The number of thioether (sulfide) groups is 1. The van der Waals surface area contributed by atoms with E-state index in [1.54, 1.807) is 19.1 Å². The van der Waals surface area contributed by atoms with Crippen LogP contribution < -0.4 is 10.1 Å². The number of carbonyl (C=O) groups excluding carboxylic acids is 2. The smallest absolute Gasteiger partial charge is 0.287 e. The van der Waals surface area contributed by atoms with E-state index in [0.717, 1.165) is 11.1 Å². The standard InChI is InChI=1S/C22H20N2O5S/c1-13-19(24-20(29-13)15-5-3-2-4-6-15)18(25)12-28-16-9-7-14(8-10-16)11-17-21(26)30-22(27)23-17/h2-10,17-18,25H,11-12H2,1H3,(H,23,27). The highest BCUT2D eigenvalue weighted by Crippen LogP contribution is 2.26. The third-order valence-electron chi connectivity index (χ3n) is 4.71. The maximum absolute atomic E-state index is 11.7. The fourth-order valence-corrected chi connectivity index (χ4v) is 3.83. The van der Waals surface area contributed by atoms with Crippen molar-refractivity contribution >= 4 is 22.1 Å². The zero-order valence-corrected chi connectivity index (χ0v) is 17.0. The van der Waals surface area contributed by atoms with Gasteiger partial charge in [0.25, 0.3) is 5.24 Å². The van der Waals surface area contributed by atoms with Crippen LogP contribution in [0.2, 0.25) is 0 Å². The zero-order valence-electron chi connectivity index (χ0n) is 16.2. The van der Waals surface area contributed by atoms with Gasteiger partial charge in [-0.3, -0.25) is 9.59 Å². The highest BCUT2D eigenvalue weighted by Gasteiger charge is 2.31. The third kappa shape index (κ3) is 4.55. The minimum atomic E-state index is -0.936. The molecule has 0 bridgehead atoms. The van der Waals surface area contributed by atoms with Gasteiger partial charge in [0.15, 0.2) is 0 Å². The molecule has 0 saturated carbocycles. The Balaban J connectivity index is 1.35. The predicted octanol–water partition coefficient (Wildman–Crippen LogP) is 3.66. The summed E-state index contributed by atoms with van der Waals surface area (Å²) in [5.41, 5.74) is 2.19. The summed E-state index contributed by atoms with van der Waals surface area (Å²) in [6.07, 6.45) is -0.504. The molecule has 1 amide bonds. The first-order chi connectivity index (χ1) is 14.5. The first-order valence-electron chi connectivity index (χ1n) is 9.44. The Hall–Kier alpha value is -3.10. The maximum Gasteiger partial charge on any atom is 0.287 e. The highest BCUT2D eigenvalue weighted by molar-refractivity contribution is 8.26. The first-order valence-corrected chi connectivity index (χ1v) is 10.3. The molecule has 30 heavy (non-hydrogen) atoms. The van der Waals surface area contributed by atoms with Gasteiger partial charge in [-0.15, -0.1) is 0 Å². The van der Waals surface area contributed by atoms with Crippen molar-refractivity contribution in [3.8, 4) is 17.2 Å². The van der Waals surface area contributed by atoms with Crippen molar-refractivity contribution < 1.29 is 23.8 Å². The molecule has 0 radical (unpaired) electrons. The highest BCUT2D eigenvalue weighted by atomic mass is 32.2. The number of ether oxygens (including phenoxy) is 1. The Morgan fingerprint density at radius 3 is 2.57 bits per heavy atom. The molecule has 2 N–H and O–H groups in total. The van der Waals surface area contributed by atoms with Gasteiger partial charge in [-0.25, -0.2) is 4.98 Å². The number of hydrogen-bond acceptors (Lipinski definition) is 7. The van der Waals surface area contributed by atoms with Gasteiger partial charge in [-0.1, -0.05) is 30.3 Å². The molecular weight excluding hydrogens is 404 g/mol. The number of aryl methyl sites for hydroxylation is 1. The van der Waals surface area contributed by atoms with Crippen LogP contribution in [0.4, 0.5) is 4.79 Å². The average molecular weight is 424 g/mol. The van der Waals surface area contributed by atoms with Gasteiger partial charge in [-0.05, 0) is 36.8 Å². The number of aromatic nitrogens is 1. The van der Waals surface area contributed by atoms with E-state index in [-0.39, 0.29) is 17.0 Å². The predicted molar refractivity (Wildman–Crippen MR) is 112 cm³/mol. The van der Waals surface area contributed by atoms with Crippen LogP contribution in [-0.4, -0.2) is 33.1 Å². The van der Waals surface area contributed by atoms with Gasteiger partial charge in [0, 0.05) is 23.7 Å². The van der Waals surface area contributed by atoms with Gasteiger partial charge in [0.1, 0.15) is 36.0 Å². The van der Waals surface area contributed by atoms with Crippen LogP contribution >= 0.6 is 11.8 Å². The normalized spacial score (nSPS) is 17.1. The summed E-state index contributed by atoms with van der Waals surface area (Å²) < 4.78 is 11.4. The summed E-state index contributed by atoms with van der Waals surface area (Å²) in [6, 6.07) is 16.2. The van der Waals surface area contributed by atoms with Crippen molar-refractivity contribution in [1.29, 1.82) is 0 Å². The molecule has 4 rings (SSSR count). The van der Waals surface area contributed by atoms with Crippen LogP contribution in [0.3, 0.4) is 0 Å². The van der Waals surface area contributed by atoms with Crippen LogP contribution in [-0.2, 0) is 11.2 Å². The molecule has 7 nitrogen and oxygen atoms in total. The van der Waals surface area contributed by atoms with Crippen molar-refractivity contribution in [2.24, 2.45) is 0 Å². The number of nitrogens with zero attached hydrogens (tertiary/aromatic N) is 1. The summed E-state index contributed by atoms with van der Waals surface area (Å²) in [5, 5.41) is 12.7. The number of nitrogens with one attached hydrogen (secondary N) is 1. The van der Waals surface area contributed by atoms with Gasteiger partial charge in [-0.2, -0.15) is 0 Å². The molecule has 0 spiro atoms. The van der Waals surface area contributed by atoms with E-state index in [0.29, 0.717) is 41.3 Å². The molecular formula is C22H20N2O5S. The lowest BCUT2D eigenvalue weighted by Gasteiger charge is -2.12.